The van der Waals surface area contributed by atoms with E-state index in [4.69, 9.17) is 0 Å². The summed E-state index contributed by atoms with van der Waals surface area (Å²) in [5, 5.41) is 0. The quantitative estimate of drug-likeness (QED) is 0.755. The third-order valence-corrected chi connectivity index (χ3v) is 4.02. The third kappa shape index (κ3) is 2.58. The number of rotatable bonds is 3. The monoisotopic (exact) mass is 290 g/mol. The zero-order valence-corrected chi connectivity index (χ0v) is 11.2. The van der Waals surface area contributed by atoms with Crippen LogP contribution in [-0.4, -0.2) is 6.29 Å². The van der Waals surface area contributed by atoms with Gasteiger partial charge in [0.05, 0.1) is 11.0 Å². The molecule has 0 aromatic heterocycles. The number of carbonyl (C=O) groups excluding carboxylic acids is 1. The minimum atomic E-state index is -4.31. The molecule has 0 N–H and O–H groups in total. The second kappa shape index (κ2) is 4.72. The molecule has 2 aromatic carbocycles. The molecule has 3 rings (SSSR count). The zero-order valence-electron chi connectivity index (χ0n) is 11.2. The van der Waals surface area contributed by atoms with E-state index >= 15 is 0 Å². The first-order valence-electron chi connectivity index (χ1n) is 6.69. The summed E-state index contributed by atoms with van der Waals surface area (Å²) in [5.41, 5.74) is 1.58. The second-order valence-corrected chi connectivity index (χ2v) is 5.43. The molecule has 0 amide bonds. The van der Waals surface area contributed by atoms with E-state index in [2.05, 4.69) is 0 Å². The van der Waals surface area contributed by atoms with Gasteiger partial charge in [-0.05, 0) is 41.7 Å². The fourth-order valence-corrected chi connectivity index (χ4v) is 2.46. The Labute approximate surface area is 120 Å². The molecule has 2 aromatic rings. The van der Waals surface area contributed by atoms with Crippen molar-refractivity contribution in [1.82, 2.24) is 0 Å². The van der Waals surface area contributed by atoms with Crippen molar-refractivity contribution < 1.29 is 18.0 Å². The minimum Gasteiger partial charge on any atom is -0.302 e. The zero-order chi connectivity index (χ0) is 15.1. The topological polar surface area (TPSA) is 17.1 Å². The Balaban J connectivity index is 1.86. The standard InChI is InChI=1S/C17H13F3O/c18-17(19,20)15-7-3-13(4-8-15)12-1-5-14(6-2-12)16(11-21)9-10-16/h1-8,11H,9-10H2. The maximum absolute atomic E-state index is 12.5. The lowest BCUT2D eigenvalue weighted by Gasteiger charge is -2.10. The predicted molar refractivity (Wildman–Crippen MR) is 73.9 cm³/mol. The molecule has 1 aliphatic carbocycles. The van der Waals surface area contributed by atoms with Crippen LogP contribution in [0.3, 0.4) is 0 Å². The summed E-state index contributed by atoms with van der Waals surface area (Å²) in [6, 6.07) is 12.6. The smallest absolute Gasteiger partial charge is 0.302 e. The first kappa shape index (κ1) is 13.9. The van der Waals surface area contributed by atoms with Crippen LogP contribution in [0.25, 0.3) is 11.1 Å². The Hall–Kier alpha value is -2.10. The Morgan fingerprint density at radius 2 is 1.33 bits per heavy atom. The van der Waals surface area contributed by atoms with E-state index in [0.717, 1.165) is 48.0 Å². The van der Waals surface area contributed by atoms with Gasteiger partial charge in [0.1, 0.15) is 6.29 Å². The van der Waals surface area contributed by atoms with Crippen molar-refractivity contribution in [3.05, 3.63) is 59.7 Å². The van der Waals surface area contributed by atoms with Crippen molar-refractivity contribution >= 4 is 6.29 Å². The Bertz CT molecular complexity index is 650. The summed E-state index contributed by atoms with van der Waals surface area (Å²) < 4.78 is 37.6. The van der Waals surface area contributed by atoms with Gasteiger partial charge in [-0.3, -0.25) is 0 Å². The maximum atomic E-state index is 12.5. The van der Waals surface area contributed by atoms with Gasteiger partial charge in [-0.15, -0.1) is 0 Å². The van der Waals surface area contributed by atoms with Gasteiger partial charge in [0.15, 0.2) is 0 Å². The number of aldehydes is 1. The van der Waals surface area contributed by atoms with Gasteiger partial charge in [-0.1, -0.05) is 36.4 Å². The second-order valence-electron chi connectivity index (χ2n) is 5.43. The van der Waals surface area contributed by atoms with Gasteiger partial charge in [0.2, 0.25) is 0 Å². The van der Waals surface area contributed by atoms with Crippen LogP contribution in [-0.2, 0) is 16.4 Å². The molecular formula is C17H13F3O. The number of alkyl halides is 3. The van der Waals surface area contributed by atoms with Crippen molar-refractivity contribution in [2.24, 2.45) is 0 Å². The summed E-state index contributed by atoms with van der Waals surface area (Å²) in [6.45, 7) is 0. The maximum Gasteiger partial charge on any atom is 0.416 e. The van der Waals surface area contributed by atoms with Crippen molar-refractivity contribution in [1.29, 1.82) is 0 Å². The number of carbonyl (C=O) groups is 1. The van der Waals surface area contributed by atoms with Gasteiger partial charge in [0, 0.05) is 0 Å². The molecule has 108 valence electrons. The summed E-state index contributed by atoms with van der Waals surface area (Å²) >= 11 is 0. The van der Waals surface area contributed by atoms with Gasteiger partial charge in [-0.2, -0.15) is 13.2 Å². The fraction of sp³-hybridized carbons (Fsp3) is 0.235. The number of halogens is 3. The molecule has 4 heteroatoms. The Morgan fingerprint density at radius 3 is 1.71 bits per heavy atom. The summed E-state index contributed by atoms with van der Waals surface area (Å²) in [6.07, 6.45) is -1.59. The van der Waals surface area contributed by atoms with Crippen molar-refractivity contribution in [3.8, 4) is 11.1 Å². The van der Waals surface area contributed by atoms with Crippen LogP contribution in [0, 0.1) is 0 Å². The number of hydrogen-bond acceptors (Lipinski definition) is 1. The van der Waals surface area contributed by atoms with E-state index in [9.17, 15) is 18.0 Å². The molecule has 1 fully saturated rings. The van der Waals surface area contributed by atoms with Gasteiger partial charge >= 0.3 is 6.18 Å². The van der Waals surface area contributed by atoms with Gasteiger partial charge in [-0.25, -0.2) is 0 Å². The average molecular weight is 290 g/mol. The molecule has 0 unspecified atom stereocenters. The summed E-state index contributed by atoms with van der Waals surface area (Å²) in [5.74, 6) is 0. The fourth-order valence-electron chi connectivity index (χ4n) is 2.46. The molecule has 0 radical (unpaired) electrons. The number of benzene rings is 2. The Kier molecular flexibility index (Phi) is 3.12. The van der Waals surface area contributed by atoms with Crippen LogP contribution >= 0.6 is 0 Å². The van der Waals surface area contributed by atoms with Crippen LogP contribution in [0.1, 0.15) is 24.0 Å². The van der Waals surface area contributed by atoms with Crippen LogP contribution in [0.2, 0.25) is 0 Å². The van der Waals surface area contributed by atoms with Crippen molar-refractivity contribution in [2.75, 3.05) is 0 Å². The highest BCUT2D eigenvalue weighted by atomic mass is 19.4. The lowest BCUT2D eigenvalue weighted by atomic mass is 9.95. The minimum absolute atomic E-state index is 0.321. The van der Waals surface area contributed by atoms with E-state index < -0.39 is 11.7 Å². The molecular weight excluding hydrogens is 277 g/mol. The normalized spacial score (nSPS) is 16.5. The molecule has 0 atom stereocenters. The highest BCUT2D eigenvalue weighted by Crippen LogP contribution is 2.46. The SMILES string of the molecule is O=CC1(c2ccc(-c3ccc(C(F)(F)F)cc3)cc2)CC1. The van der Waals surface area contributed by atoms with E-state index in [1.807, 2.05) is 24.3 Å². The van der Waals surface area contributed by atoms with Crippen LogP contribution in [0.15, 0.2) is 48.5 Å². The van der Waals surface area contributed by atoms with Crippen molar-refractivity contribution in [2.45, 2.75) is 24.4 Å². The molecule has 0 spiro atoms. The Morgan fingerprint density at radius 1 is 0.857 bits per heavy atom. The van der Waals surface area contributed by atoms with Crippen LogP contribution in [0.5, 0.6) is 0 Å². The van der Waals surface area contributed by atoms with E-state index in [-0.39, 0.29) is 5.41 Å². The molecule has 0 saturated heterocycles. The molecule has 0 heterocycles. The predicted octanol–water partition coefficient (Wildman–Crippen LogP) is 4.60. The van der Waals surface area contributed by atoms with E-state index in [1.54, 1.807) is 0 Å². The molecule has 0 aliphatic heterocycles. The average Bonchev–Trinajstić information content (AvgIpc) is 3.28. The highest BCUT2D eigenvalue weighted by molar-refractivity contribution is 5.74. The first-order valence-corrected chi connectivity index (χ1v) is 6.69. The van der Waals surface area contributed by atoms with Crippen LogP contribution < -0.4 is 0 Å². The van der Waals surface area contributed by atoms with Crippen LogP contribution in [0.4, 0.5) is 13.2 Å². The van der Waals surface area contributed by atoms with Gasteiger partial charge in [0.25, 0.3) is 0 Å². The first-order chi connectivity index (χ1) is 9.94. The molecule has 0 bridgehead atoms. The summed E-state index contributed by atoms with van der Waals surface area (Å²) in [4.78, 5) is 11.1. The van der Waals surface area contributed by atoms with Crippen molar-refractivity contribution in [3.63, 3.8) is 0 Å². The molecule has 1 saturated carbocycles. The third-order valence-electron chi connectivity index (χ3n) is 4.02. The van der Waals surface area contributed by atoms with Gasteiger partial charge < -0.3 is 4.79 Å². The largest absolute Gasteiger partial charge is 0.416 e. The molecule has 1 nitrogen and oxygen atoms in total. The van der Waals surface area contributed by atoms with E-state index in [0.29, 0.717) is 0 Å². The lowest BCUT2D eigenvalue weighted by Crippen LogP contribution is -2.07. The summed E-state index contributed by atoms with van der Waals surface area (Å²) in [7, 11) is 0. The molecule has 21 heavy (non-hydrogen) atoms. The number of hydrogen-bond donors (Lipinski definition) is 0. The van der Waals surface area contributed by atoms with E-state index in [1.165, 1.54) is 12.1 Å². The highest BCUT2D eigenvalue weighted by Gasteiger charge is 2.44. The molecule has 1 aliphatic rings. The lowest BCUT2D eigenvalue weighted by molar-refractivity contribution is -0.137.